The van der Waals surface area contributed by atoms with Crippen molar-refractivity contribution in [2.75, 3.05) is 0 Å². The molecule has 0 radical (unpaired) electrons. The Morgan fingerprint density at radius 3 is 2.79 bits per heavy atom. The van der Waals surface area contributed by atoms with E-state index in [1.165, 1.54) is 30.6 Å². The molecule has 1 heterocycles. The number of amides is 1. The minimum absolute atomic E-state index is 0.109. The number of hydrogen-bond acceptors (Lipinski definition) is 4. The molecule has 4 rings (SSSR count). The van der Waals surface area contributed by atoms with E-state index < -0.39 is 11.9 Å². The zero-order valence-electron chi connectivity index (χ0n) is 16.1. The monoisotopic (exact) mass is 432 g/mol. The highest BCUT2D eigenvalue weighted by molar-refractivity contribution is 7.09. The van der Waals surface area contributed by atoms with Crippen LogP contribution in [-0.2, 0) is 16.1 Å². The van der Waals surface area contributed by atoms with Crippen molar-refractivity contribution >= 4 is 34.8 Å². The Hall–Kier alpha value is -1.92. The van der Waals surface area contributed by atoms with Crippen LogP contribution in [0.25, 0.3) is 11.3 Å². The van der Waals surface area contributed by atoms with Crippen LogP contribution in [0.3, 0.4) is 0 Å². The van der Waals surface area contributed by atoms with Crippen LogP contribution < -0.4 is 5.32 Å². The van der Waals surface area contributed by atoms with Gasteiger partial charge in [0.2, 0.25) is 5.91 Å². The van der Waals surface area contributed by atoms with Crippen LogP contribution in [0.1, 0.15) is 43.5 Å². The van der Waals surface area contributed by atoms with Gasteiger partial charge in [0.1, 0.15) is 5.01 Å². The maximum Gasteiger partial charge on any atom is 0.304 e. The third kappa shape index (κ3) is 4.81. The summed E-state index contributed by atoms with van der Waals surface area (Å²) < 4.78 is 0. The number of carboxylic acid groups (broad SMARTS) is 1. The number of thiazole rings is 1. The van der Waals surface area contributed by atoms with Crippen molar-refractivity contribution in [3.05, 3.63) is 39.7 Å². The van der Waals surface area contributed by atoms with E-state index in [0.29, 0.717) is 29.8 Å². The average Bonchev–Trinajstić information content (AvgIpc) is 3.42. The van der Waals surface area contributed by atoms with Crippen molar-refractivity contribution in [2.45, 2.75) is 45.1 Å². The van der Waals surface area contributed by atoms with E-state index >= 15 is 0 Å². The molecule has 2 N–H and O–H groups in total. The maximum atomic E-state index is 12.8. The Morgan fingerprint density at radius 2 is 2.10 bits per heavy atom. The molecular weight excluding hydrogens is 408 g/mol. The van der Waals surface area contributed by atoms with Gasteiger partial charge in [0.15, 0.2) is 0 Å². The molecule has 2 saturated carbocycles. The number of rotatable bonds is 8. The summed E-state index contributed by atoms with van der Waals surface area (Å²) in [5.74, 6) is 0.405. The molecule has 7 heteroatoms. The van der Waals surface area contributed by atoms with Gasteiger partial charge < -0.3 is 10.4 Å². The van der Waals surface area contributed by atoms with Gasteiger partial charge >= 0.3 is 5.97 Å². The fourth-order valence-corrected chi connectivity index (χ4v) is 5.98. The third-order valence-electron chi connectivity index (χ3n) is 6.38. The molecule has 1 amide bonds. The van der Waals surface area contributed by atoms with Crippen LogP contribution in [0.2, 0.25) is 5.02 Å². The van der Waals surface area contributed by atoms with E-state index in [1.54, 1.807) is 0 Å². The fourth-order valence-electron chi connectivity index (χ4n) is 5.02. The summed E-state index contributed by atoms with van der Waals surface area (Å²) >= 11 is 7.70. The lowest BCUT2D eigenvalue weighted by atomic mass is 9.81. The molecule has 5 nitrogen and oxygen atoms in total. The summed E-state index contributed by atoms with van der Waals surface area (Å²) in [5.41, 5.74) is 1.65. The fraction of sp³-hybridized carbons (Fsp3) is 0.500. The first-order valence-electron chi connectivity index (χ1n) is 10.2. The third-order valence-corrected chi connectivity index (χ3v) is 7.56. The Kier molecular flexibility index (Phi) is 6.20. The van der Waals surface area contributed by atoms with Crippen molar-refractivity contribution in [1.29, 1.82) is 0 Å². The van der Waals surface area contributed by atoms with Gasteiger partial charge in [-0.15, -0.1) is 11.3 Å². The standard InChI is InChI=1S/C22H25ClN2O3S/c23-18-4-2-1-3-17(18)19-12-29-20(25-19)11-24-22(28)16(10-21(26)27)9-15-8-13-5-6-14(15)7-13/h1-4,12-16H,5-11H2,(H,24,28)(H,26,27). The summed E-state index contributed by atoms with van der Waals surface area (Å²) in [7, 11) is 0. The number of benzene rings is 1. The average molecular weight is 433 g/mol. The number of aromatic nitrogens is 1. The first-order valence-corrected chi connectivity index (χ1v) is 11.4. The first-order chi connectivity index (χ1) is 14.0. The molecule has 0 spiro atoms. The van der Waals surface area contributed by atoms with Crippen molar-refractivity contribution in [1.82, 2.24) is 10.3 Å². The van der Waals surface area contributed by atoms with E-state index in [0.717, 1.165) is 28.6 Å². The van der Waals surface area contributed by atoms with Gasteiger partial charge in [0.25, 0.3) is 0 Å². The number of aliphatic carboxylic acids is 1. The number of halogens is 1. The molecule has 1 aromatic carbocycles. The van der Waals surface area contributed by atoms with Gasteiger partial charge in [-0.3, -0.25) is 9.59 Å². The second-order valence-corrected chi connectivity index (χ2v) is 9.64. The van der Waals surface area contributed by atoms with E-state index in [-0.39, 0.29) is 12.3 Å². The highest BCUT2D eigenvalue weighted by atomic mass is 35.5. The highest BCUT2D eigenvalue weighted by Crippen LogP contribution is 2.50. The van der Waals surface area contributed by atoms with Crippen LogP contribution in [-0.4, -0.2) is 22.0 Å². The van der Waals surface area contributed by atoms with E-state index in [9.17, 15) is 14.7 Å². The van der Waals surface area contributed by atoms with Gasteiger partial charge in [-0.25, -0.2) is 4.98 Å². The second-order valence-electron chi connectivity index (χ2n) is 8.29. The Morgan fingerprint density at radius 1 is 1.28 bits per heavy atom. The molecule has 154 valence electrons. The highest BCUT2D eigenvalue weighted by Gasteiger charge is 2.41. The molecule has 29 heavy (non-hydrogen) atoms. The number of nitrogens with one attached hydrogen (secondary N) is 1. The van der Waals surface area contributed by atoms with Crippen molar-refractivity contribution < 1.29 is 14.7 Å². The molecule has 1 aromatic heterocycles. The molecule has 4 unspecified atom stereocenters. The summed E-state index contributed by atoms with van der Waals surface area (Å²) in [6.07, 6.45) is 5.53. The first kappa shape index (κ1) is 20.4. The Balaban J connectivity index is 1.36. The topological polar surface area (TPSA) is 79.3 Å². The smallest absolute Gasteiger partial charge is 0.304 e. The molecule has 0 saturated heterocycles. The van der Waals surface area contributed by atoms with Crippen LogP contribution in [0.5, 0.6) is 0 Å². The number of hydrogen-bond donors (Lipinski definition) is 2. The molecule has 2 fully saturated rings. The molecule has 2 aliphatic rings. The lowest BCUT2D eigenvalue weighted by molar-refractivity contribution is -0.141. The van der Waals surface area contributed by atoms with Crippen molar-refractivity contribution in [3.8, 4) is 11.3 Å². The summed E-state index contributed by atoms with van der Waals surface area (Å²) in [6, 6.07) is 7.52. The molecule has 2 aromatic rings. The lowest BCUT2D eigenvalue weighted by Gasteiger charge is -2.25. The van der Waals surface area contributed by atoms with Gasteiger partial charge in [-0.2, -0.15) is 0 Å². The van der Waals surface area contributed by atoms with Crippen LogP contribution >= 0.6 is 22.9 Å². The van der Waals surface area contributed by atoms with E-state index in [2.05, 4.69) is 10.3 Å². The number of carboxylic acids is 1. The zero-order valence-corrected chi connectivity index (χ0v) is 17.7. The number of nitrogens with zero attached hydrogens (tertiary/aromatic N) is 1. The second kappa shape index (κ2) is 8.84. The van der Waals surface area contributed by atoms with Gasteiger partial charge in [0, 0.05) is 21.9 Å². The molecular formula is C22H25ClN2O3S. The lowest BCUT2D eigenvalue weighted by Crippen LogP contribution is -2.33. The normalized spacial score (nSPS) is 23.8. The van der Waals surface area contributed by atoms with Crippen molar-refractivity contribution in [2.24, 2.45) is 23.7 Å². The van der Waals surface area contributed by atoms with Gasteiger partial charge in [-0.05, 0) is 49.5 Å². The zero-order chi connectivity index (χ0) is 20.4. The number of carbonyl (C=O) groups excluding carboxylic acids is 1. The quantitative estimate of drug-likeness (QED) is 0.615. The number of carbonyl (C=O) groups is 2. The van der Waals surface area contributed by atoms with E-state index in [4.69, 9.17) is 11.6 Å². The van der Waals surface area contributed by atoms with Crippen molar-refractivity contribution in [3.63, 3.8) is 0 Å². The molecule has 2 aliphatic carbocycles. The predicted molar refractivity (Wildman–Crippen MR) is 114 cm³/mol. The minimum atomic E-state index is -0.913. The predicted octanol–water partition coefficient (Wildman–Crippen LogP) is 5.00. The summed E-state index contributed by atoms with van der Waals surface area (Å²) in [6.45, 7) is 0.306. The summed E-state index contributed by atoms with van der Waals surface area (Å²) in [5, 5.41) is 15.5. The number of fused-ring (bicyclic) bond motifs is 2. The van der Waals surface area contributed by atoms with Crippen LogP contribution in [0.4, 0.5) is 0 Å². The van der Waals surface area contributed by atoms with E-state index in [1.807, 2.05) is 29.6 Å². The SMILES string of the molecule is O=C(O)CC(CC1CC2CCC1C2)C(=O)NCc1nc(-c2ccccc2Cl)cs1. The largest absolute Gasteiger partial charge is 0.481 e. The maximum absolute atomic E-state index is 12.8. The minimum Gasteiger partial charge on any atom is -0.481 e. The van der Waals surface area contributed by atoms with Crippen LogP contribution in [0.15, 0.2) is 29.6 Å². The molecule has 4 atom stereocenters. The van der Waals surface area contributed by atoms with Crippen LogP contribution in [0, 0.1) is 23.7 Å². The summed E-state index contributed by atoms with van der Waals surface area (Å²) in [4.78, 5) is 28.6. The molecule has 0 aliphatic heterocycles. The Bertz CT molecular complexity index is 900. The van der Waals surface area contributed by atoms with Gasteiger partial charge in [-0.1, -0.05) is 36.2 Å². The molecule has 2 bridgehead atoms. The Labute approximate surface area is 179 Å². The van der Waals surface area contributed by atoms with Gasteiger partial charge in [0.05, 0.1) is 18.7 Å².